The van der Waals surface area contributed by atoms with E-state index in [1.165, 1.54) is 0 Å². The van der Waals surface area contributed by atoms with Crippen LogP contribution in [0.1, 0.15) is 94.9 Å². The number of aromatic nitrogens is 1. The number of unbranched alkanes of at least 4 members (excludes halogenated alkanes) is 3. The van der Waals surface area contributed by atoms with Crippen molar-refractivity contribution in [2.75, 3.05) is 31.6 Å². The second-order valence-electron chi connectivity index (χ2n) is 20.3. The van der Waals surface area contributed by atoms with Crippen LogP contribution in [-0.4, -0.2) is 84.3 Å². The average molecular weight is 801 g/mol. The van der Waals surface area contributed by atoms with Gasteiger partial charge < -0.3 is 18.6 Å². The molecule has 1 aliphatic rings. The van der Waals surface area contributed by atoms with Gasteiger partial charge in [0.2, 0.25) is 0 Å². The number of nitro groups is 1. The molecule has 4 atom stereocenters. The van der Waals surface area contributed by atoms with Crippen molar-refractivity contribution in [3.05, 3.63) is 52.7 Å². The minimum absolute atomic E-state index is 0.0115. The SMILES string of the molecule is C[C@H]1CN(CCCCCCNc2ccc(-c3ccccn3)cc2[N+](=O)[O-])[C@H](CO[Si](C)(C)C(C)(C)C)[C@@H](O[Si](C)(C)C(C)(C)C)[C@@H]1O[Si](C)(C)C(C)(C)C. The van der Waals surface area contributed by atoms with Crippen molar-refractivity contribution in [1.82, 2.24) is 9.88 Å². The van der Waals surface area contributed by atoms with E-state index in [1.807, 2.05) is 24.3 Å². The molecule has 0 spiro atoms. The highest BCUT2D eigenvalue weighted by atomic mass is 28.4. The van der Waals surface area contributed by atoms with E-state index in [9.17, 15) is 10.1 Å². The van der Waals surface area contributed by atoms with Crippen LogP contribution in [0.2, 0.25) is 54.4 Å². The van der Waals surface area contributed by atoms with Crippen LogP contribution < -0.4 is 5.32 Å². The normalized spacial score (nSPS) is 21.0. The predicted octanol–water partition coefficient (Wildman–Crippen LogP) is 11.8. The van der Waals surface area contributed by atoms with E-state index >= 15 is 0 Å². The number of nitrogens with one attached hydrogen (secondary N) is 1. The molecule has 306 valence electrons. The first-order valence-electron chi connectivity index (χ1n) is 20.4. The maximum Gasteiger partial charge on any atom is 0.292 e. The van der Waals surface area contributed by atoms with E-state index in [4.69, 9.17) is 13.3 Å². The van der Waals surface area contributed by atoms with Gasteiger partial charge in [-0.2, -0.15) is 0 Å². The largest absolute Gasteiger partial charge is 0.415 e. The van der Waals surface area contributed by atoms with E-state index in [1.54, 1.807) is 18.3 Å². The number of hydrogen-bond donors (Lipinski definition) is 1. The van der Waals surface area contributed by atoms with Gasteiger partial charge in [-0.25, -0.2) is 0 Å². The number of pyridine rings is 1. The fraction of sp³-hybridized carbons (Fsp3) is 0.738. The molecule has 3 rings (SSSR count). The Morgan fingerprint density at radius 3 is 1.93 bits per heavy atom. The van der Waals surface area contributed by atoms with Crippen LogP contribution in [0.15, 0.2) is 42.6 Å². The summed E-state index contributed by atoms with van der Waals surface area (Å²) in [6.45, 7) is 40.8. The summed E-state index contributed by atoms with van der Waals surface area (Å²) in [6, 6.07) is 11.0. The lowest BCUT2D eigenvalue weighted by Gasteiger charge is -2.54. The van der Waals surface area contributed by atoms with Gasteiger partial charge in [-0.3, -0.25) is 20.0 Å². The highest BCUT2D eigenvalue weighted by molar-refractivity contribution is 6.75. The number of anilines is 1. The molecule has 0 unspecified atom stereocenters. The Morgan fingerprint density at radius 2 is 1.39 bits per heavy atom. The van der Waals surface area contributed by atoms with E-state index in [0.717, 1.165) is 50.0 Å². The molecule has 0 radical (unpaired) electrons. The number of rotatable bonds is 17. The van der Waals surface area contributed by atoms with E-state index in [0.29, 0.717) is 24.8 Å². The summed E-state index contributed by atoms with van der Waals surface area (Å²) < 4.78 is 21.9. The van der Waals surface area contributed by atoms with Crippen LogP contribution in [0, 0.1) is 16.0 Å². The van der Waals surface area contributed by atoms with Crippen LogP contribution in [-0.2, 0) is 13.3 Å². The van der Waals surface area contributed by atoms with Gasteiger partial charge in [0.1, 0.15) is 5.69 Å². The summed E-state index contributed by atoms with van der Waals surface area (Å²) in [6.07, 6.45) is 5.78. The van der Waals surface area contributed by atoms with Crippen LogP contribution in [0.5, 0.6) is 0 Å². The Morgan fingerprint density at radius 1 is 0.815 bits per heavy atom. The van der Waals surface area contributed by atoms with Gasteiger partial charge in [0.15, 0.2) is 25.0 Å². The molecule has 1 aliphatic heterocycles. The van der Waals surface area contributed by atoms with Crippen molar-refractivity contribution < 1.29 is 18.2 Å². The minimum Gasteiger partial charge on any atom is -0.415 e. The lowest BCUT2D eigenvalue weighted by molar-refractivity contribution is -0.383. The lowest BCUT2D eigenvalue weighted by atomic mass is 9.88. The molecule has 2 aromatic rings. The Balaban J connectivity index is 1.76. The first kappa shape index (κ1) is 46.4. The van der Waals surface area contributed by atoms with Crippen molar-refractivity contribution in [1.29, 1.82) is 0 Å². The summed E-state index contributed by atoms with van der Waals surface area (Å²) in [5.41, 5.74) is 2.09. The summed E-state index contributed by atoms with van der Waals surface area (Å²) in [4.78, 5) is 18.6. The molecule has 9 nitrogen and oxygen atoms in total. The minimum atomic E-state index is -2.17. The number of nitrogens with zero attached hydrogens (tertiary/aromatic N) is 3. The molecule has 54 heavy (non-hydrogen) atoms. The van der Waals surface area contributed by atoms with Crippen LogP contribution in [0.25, 0.3) is 11.3 Å². The molecule has 1 fully saturated rings. The van der Waals surface area contributed by atoms with Gasteiger partial charge >= 0.3 is 0 Å². The number of hydrogen-bond acceptors (Lipinski definition) is 8. The molecule has 0 aliphatic carbocycles. The standard InChI is InChI=1S/C42H76N4O5Si3/c1-32-30-45(28-22-18-17-20-26-44-35-25-24-33(29-36(35)46(47)48)34-23-19-21-27-43-34)37(31-49-52(11,12)40(2,3)4)39(51-54(15,16)42(8,9)10)38(32)50-53(13,14)41(5,6)7/h19,21,23-25,27,29,32,37-39,44H,17-18,20,22,26,28,30-31H2,1-16H3/t32-,37+,38+,39+/m0/s1. The molecular weight excluding hydrogens is 725 g/mol. The van der Waals surface area contributed by atoms with Gasteiger partial charge in [-0.1, -0.05) is 94.2 Å². The fourth-order valence-electron chi connectivity index (χ4n) is 6.23. The van der Waals surface area contributed by atoms with E-state index < -0.39 is 25.0 Å². The molecule has 12 heteroatoms. The first-order chi connectivity index (χ1) is 24.7. The number of likely N-dealkylation sites (tertiary alicyclic amines) is 1. The maximum atomic E-state index is 11.9. The number of nitro benzene ring substituents is 1. The van der Waals surface area contributed by atoms with E-state index in [2.05, 4.69) is 124 Å². The molecule has 0 amide bonds. The zero-order valence-corrected chi connectivity index (χ0v) is 39.9. The average Bonchev–Trinajstić information content (AvgIpc) is 3.04. The third kappa shape index (κ3) is 12.0. The lowest BCUT2D eigenvalue weighted by Crippen LogP contribution is -2.66. The van der Waals surface area contributed by atoms with Crippen molar-refractivity contribution in [2.24, 2.45) is 5.92 Å². The third-order valence-corrected chi connectivity index (χ3v) is 26.4. The number of piperidine rings is 1. The molecule has 1 N–H and O–H groups in total. The highest BCUT2D eigenvalue weighted by Gasteiger charge is 2.52. The zero-order chi connectivity index (χ0) is 40.9. The smallest absolute Gasteiger partial charge is 0.292 e. The Bertz CT molecular complexity index is 1500. The Kier molecular flexibility index (Phi) is 15.6. The second-order valence-corrected chi connectivity index (χ2v) is 34.7. The molecule has 0 saturated carbocycles. The molecule has 0 bridgehead atoms. The van der Waals surface area contributed by atoms with Crippen LogP contribution in [0.3, 0.4) is 0 Å². The molecular formula is C42H76N4O5Si3. The van der Waals surface area contributed by atoms with Crippen LogP contribution >= 0.6 is 0 Å². The summed E-state index contributed by atoms with van der Waals surface area (Å²) >= 11 is 0. The van der Waals surface area contributed by atoms with Gasteiger partial charge in [0, 0.05) is 30.9 Å². The topological polar surface area (TPSA) is 99.0 Å². The second kappa shape index (κ2) is 18.1. The fourth-order valence-corrected chi connectivity index (χ4v) is 9.98. The van der Waals surface area contributed by atoms with Crippen molar-refractivity contribution in [3.63, 3.8) is 0 Å². The molecule has 2 heterocycles. The van der Waals surface area contributed by atoms with Gasteiger partial charge in [-0.05, 0) is 97.9 Å². The quantitative estimate of drug-likeness (QED) is 0.0731. The highest BCUT2D eigenvalue weighted by Crippen LogP contribution is 2.44. The Hall–Kier alpha value is -1.94. The monoisotopic (exact) mass is 801 g/mol. The molecule has 1 saturated heterocycles. The van der Waals surface area contributed by atoms with Crippen molar-refractivity contribution in [3.8, 4) is 11.3 Å². The molecule has 1 aromatic carbocycles. The summed E-state index contributed by atoms with van der Waals surface area (Å²) in [5.74, 6) is 0.321. The molecule has 1 aromatic heterocycles. The van der Waals surface area contributed by atoms with Gasteiger partial charge in [0.05, 0.1) is 35.5 Å². The maximum absolute atomic E-state index is 11.9. The third-order valence-electron chi connectivity index (χ3n) is 13.0. The summed E-state index contributed by atoms with van der Waals surface area (Å²) in [5, 5.41) is 15.5. The summed E-state index contributed by atoms with van der Waals surface area (Å²) in [7, 11) is -6.29. The van der Waals surface area contributed by atoms with Crippen molar-refractivity contribution in [2.45, 2.75) is 168 Å². The van der Waals surface area contributed by atoms with Gasteiger partial charge in [-0.15, -0.1) is 0 Å². The zero-order valence-electron chi connectivity index (χ0n) is 36.9. The van der Waals surface area contributed by atoms with Gasteiger partial charge in [0.25, 0.3) is 5.69 Å². The van der Waals surface area contributed by atoms with E-state index in [-0.39, 0.29) is 44.0 Å². The Labute approximate surface area is 332 Å². The van der Waals surface area contributed by atoms with Crippen molar-refractivity contribution >= 4 is 36.3 Å². The first-order valence-corrected chi connectivity index (χ1v) is 29.1. The number of benzene rings is 1. The van der Waals surface area contributed by atoms with Crippen LogP contribution in [0.4, 0.5) is 11.4 Å². The predicted molar refractivity (Wildman–Crippen MR) is 235 cm³/mol.